The Morgan fingerprint density at radius 2 is 2.10 bits per heavy atom. The number of benzene rings is 1. The number of rotatable bonds is 5. The van der Waals surface area contributed by atoms with E-state index in [-0.39, 0.29) is 11.8 Å². The molecule has 1 heterocycles. The van der Waals surface area contributed by atoms with Crippen molar-refractivity contribution in [2.45, 2.75) is 25.8 Å². The highest BCUT2D eigenvalue weighted by Gasteiger charge is 2.37. The number of carboxylic acids is 1. The molecule has 0 spiro atoms. The Bertz CT molecular complexity index is 498. The molecule has 1 aromatic rings. The Kier molecular flexibility index (Phi) is 4.39. The van der Waals surface area contributed by atoms with Gasteiger partial charge < -0.3 is 15.7 Å². The maximum Gasteiger partial charge on any atom is 0.326 e. The molecule has 1 saturated heterocycles. The zero-order chi connectivity index (χ0) is 14.7. The number of carbonyl (C=O) groups is 2. The highest BCUT2D eigenvalue weighted by Crippen LogP contribution is 2.21. The van der Waals surface area contributed by atoms with Gasteiger partial charge in [-0.25, -0.2) is 4.79 Å². The quantitative estimate of drug-likeness (QED) is 0.833. The smallest absolute Gasteiger partial charge is 0.326 e. The second-order valence-electron chi connectivity index (χ2n) is 5.40. The van der Waals surface area contributed by atoms with Crippen LogP contribution in [0.25, 0.3) is 0 Å². The van der Waals surface area contributed by atoms with E-state index in [9.17, 15) is 14.7 Å². The lowest BCUT2D eigenvalue weighted by Crippen LogP contribution is -2.44. The second kappa shape index (κ2) is 6.05. The Morgan fingerprint density at radius 1 is 1.45 bits per heavy atom. The molecule has 108 valence electrons. The average Bonchev–Trinajstić information content (AvgIpc) is 2.79. The first-order valence-electron chi connectivity index (χ1n) is 6.79. The van der Waals surface area contributed by atoms with Gasteiger partial charge in [-0.15, -0.1) is 0 Å². The van der Waals surface area contributed by atoms with Gasteiger partial charge in [0.25, 0.3) is 0 Å². The number of aliphatic carboxylic acids is 1. The van der Waals surface area contributed by atoms with Crippen molar-refractivity contribution in [1.82, 2.24) is 4.90 Å². The largest absolute Gasteiger partial charge is 0.480 e. The van der Waals surface area contributed by atoms with Crippen LogP contribution in [0, 0.1) is 12.8 Å². The number of nitrogens with two attached hydrogens (primary N) is 1. The number of carbonyl (C=O) groups excluding carboxylic acids is 1. The summed E-state index contributed by atoms with van der Waals surface area (Å²) in [7, 11) is 0. The molecule has 0 saturated carbocycles. The van der Waals surface area contributed by atoms with Crippen LogP contribution >= 0.6 is 0 Å². The third-order valence-corrected chi connectivity index (χ3v) is 3.78. The Labute approximate surface area is 118 Å². The van der Waals surface area contributed by atoms with Gasteiger partial charge >= 0.3 is 5.97 Å². The molecule has 0 radical (unpaired) electrons. The zero-order valence-corrected chi connectivity index (χ0v) is 11.6. The van der Waals surface area contributed by atoms with Gasteiger partial charge in [-0.1, -0.05) is 29.8 Å². The fourth-order valence-electron chi connectivity index (χ4n) is 2.55. The molecule has 1 aliphatic rings. The third-order valence-electron chi connectivity index (χ3n) is 3.78. The van der Waals surface area contributed by atoms with E-state index >= 15 is 0 Å². The molecule has 1 unspecified atom stereocenters. The summed E-state index contributed by atoms with van der Waals surface area (Å²) in [6.45, 7) is 2.84. The Morgan fingerprint density at radius 3 is 2.60 bits per heavy atom. The lowest BCUT2D eigenvalue weighted by Gasteiger charge is -2.24. The monoisotopic (exact) mass is 276 g/mol. The third kappa shape index (κ3) is 3.17. The predicted octanol–water partition coefficient (Wildman–Crippen LogP) is 0.798. The van der Waals surface area contributed by atoms with Crippen LogP contribution in [0.15, 0.2) is 24.3 Å². The summed E-state index contributed by atoms with van der Waals surface area (Å²) in [5, 5.41) is 9.40. The molecule has 0 aliphatic carbocycles. The van der Waals surface area contributed by atoms with Crippen LogP contribution in [0.2, 0.25) is 0 Å². The molecule has 0 aromatic heterocycles. The standard InChI is InChI=1S/C15H20N2O3/c1-10-2-4-11(5-3-10)6-13(15(19)20)17-9-12(8-16)7-14(17)18/h2-5,12-13H,6-9,16H2,1H3,(H,19,20)/t12?,13-/m1/s1. The summed E-state index contributed by atoms with van der Waals surface area (Å²) >= 11 is 0. The number of amides is 1. The van der Waals surface area contributed by atoms with Gasteiger partial charge in [0, 0.05) is 19.4 Å². The SMILES string of the molecule is Cc1ccc(C[C@H](C(=O)O)N2CC(CN)CC2=O)cc1. The van der Waals surface area contributed by atoms with Crippen LogP contribution in [0.3, 0.4) is 0 Å². The molecular formula is C15H20N2O3. The Balaban J connectivity index is 2.13. The Hall–Kier alpha value is -1.88. The molecule has 2 rings (SSSR count). The van der Waals surface area contributed by atoms with E-state index in [1.54, 1.807) is 0 Å². The maximum absolute atomic E-state index is 11.9. The van der Waals surface area contributed by atoms with Crippen LogP contribution in [0.1, 0.15) is 17.5 Å². The number of aryl methyl sites for hydroxylation is 1. The molecular weight excluding hydrogens is 256 g/mol. The molecule has 1 amide bonds. The van der Waals surface area contributed by atoms with Gasteiger partial charge in [-0.3, -0.25) is 4.79 Å². The van der Waals surface area contributed by atoms with Gasteiger partial charge in [0.15, 0.2) is 0 Å². The van der Waals surface area contributed by atoms with Crippen LogP contribution in [-0.4, -0.2) is 41.0 Å². The lowest BCUT2D eigenvalue weighted by molar-refractivity contribution is -0.148. The van der Waals surface area contributed by atoms with Crippen molar-refractivity contribution in [3.8, 4) is 0 Å². The normalized spacial score (nSPS) is 20.2. The summed E-state index contributed by atoms with van der Waals surface area (Å²) in [4.78, 5) is 24.9. The minimum atomic E-state index is -0.961. The molecule has 0 bridgehead atoms. The van der Waals surface area contributed by atoms with Gasteiger partial charge in [-0.05, 0) is 24.9 Å². The molecule has 2 atom stereocenters. The highest BCUT2D eigenvalue weighted by molar-refractivity contribution is 5.85. The molecule has 20 heavy (non-hydrogen) atoms. The highest BCUT2D eigenvalue weighted by atomic mass is 16.4. The topological polar surface area (TPSA) is 83.6 Å². The van der Waals surface area contributed by atoms with Crippen molar-refractivity contribution in [3.63, 3.8) is 0 Å². The fraction of sp³-hybridized carbons (Fsp3) is 0.467. The van der Waals surface area contributed by atoms with Gasteiger partial charge in [-0.2, -0.15) is 0 Å². The first kappa shape index (κ1) is 14.5. The van der Waals surface area contributed by atoms with Crippen molar-refractivity contribution < 1.29 is 14.7 Å². The summed E-state index contributed by atoms with van der Waals surface area (Å²) in [6, 6.07) is 6.91. The molecule has 1 aliphatic heterocycles. The van der Waals surface area contributed by atoms with E-state index in [2.05, 4.69) is 0 Å². The molecule has 5 nitrogen and oxygen atoms in total. The summed E-state index contributed by atoms with van der Waals surface area (Å²) < 4.78 is 0. The molecule has 5 heteroatoms. The van der Waals surface area contributed by atoms with E-state index < -0.39 is 12.0 Å². The zero-order valence-electron chi connectivity index (χ0n) is 11.6. The van der Waals surface area contributed by atoms with Crippen LogP contribution in [0.5, 0.6) is 0 Å². The lowest BCUT2D eigenvalue weighted by atomic mass is 10.0. The number of likely N-dealkylation sites (tertiary alicyclic amines) is 1. The van der Waals surface area contributed by atoms with E-state index in [0.29, 0.717) is 25.9 Å². The van der Waals surface area contributed by atoms with Gasteiger partial charge in [0.05, 0.1) is 0 Å². The summed E-state index contributed by atoms with van der Waals surface area (Å²) in [5.41, 5.74) is 7.63. The van der Waals surface area contributed by atoms with E-state index in [4.69, 9.17) is 5.73 Å². The minimum absolute atomic E-state index is 0.0716. The number of hydrogen-bond acceptors (Lipinski definition) is 3. The maximum atomic E-state index is 11.9. The summed E-state index contributed by atoms with van der Waals surface area (Å²) in [5.74, 6) is -1.00. The number of nitrogens with zero attached hydrogens (tertiary/aromatic N) is 1. The van der Waals surface area contributed by atoms with Crippen LogP contribution in [-0.2, 0) is 16.0 Å². The number of hydrogen-bond donors (Lipinski definition) is 2. The van der Waals surface area contributed by atoms with Crippen molar-refractivity contribution in [2.75, 3.05) is 13.1 Å². The van der Waals surface area contributed by atoms with Crippen molar-refractivity contribution in [2.24, 2.45) is 11.7 Å². The van der Waals surface area contributed by atoms with Gasteiger partial charge in [0.1, 0.15) is 6.04 Å². The van der Waals surface area contributed by atoms with Crippen molar-refractivity contribution >= 4 is 11.9 Å². The molecule has 3 N–H and O–H groups in total. The first-order valence-corrected chi connectivity index (χ1v) is 6.79. The van der Waals surface area contributed by atoms with E-state index in [0.717, 1.165) is 11.1 Å². The predicted molar refractivity (Wildman–Crippen MR) is 75.2 cm³/mol. The first-order chi connectivity index (χ1) is 9.51. The summed E-state index contributed by atoms with van der Waals surface area (Å²) in [6.07, 6.45) is 0.687. The van der Waals surface area contributed by atoms with Crippen LogP contribution < -0.4 is 5.73 Å². The average molecular weight is 276 g/mol. The minimum Gasteiger partial charge on any atom is -0.480 e. The van der Waals surface area contributed by atoms with Crippen molar-refractivity contribution in [3.05, 3.63) is 35.4 Å². The number of carboxylic acid groups (broad SMARTS) is 1. The second-order valence-corrected chi connectivity index (χ2v) is 5.40. The van der Waals surface area contributed by atoms with E-state index in [1.807, 2.05) is 31.2 Å². The molecule has 1 fully saturated rings. The van der Waals surface area contributed by atoms with E-state index in [1.165, 1.54) is 4.90 Å². The van der Waals surface area contributed by atoms with Gasteiger partial charge in [0.2, 0.25) is 5.91 Å². The van der Waals surface area contributed by atoms with Crippen LogP contribution in [0.4, 0.5) is 0 Å². The molecule has 1 aromatic carbocycles. The van der Waals surface area contributed by atoms with Crippen molar-refractivity contribution in [1.29, 1.82) is 0 Å². The fourth-order valence-corrected chi connectivity index (χ4v) is 2.55.